The predicted molar refractivity (Wildman–Crippen MR) is 83.5 cm³/mol. The molecule has 2 aromatic rings. The van der Waals surface area contributed by atoms with Gasteiger partial charge in [0.25, 0.3) is 0 Å². The van der Waals surface area contributed by atoms with Crippen molar-refractivity contribution < 1.29 is 14.3 Å². The Bertz CT molecular complexity index is 815. The normalized spacial score (nSPS) is 24.7. The molecular weight excluding hydrogens is 293 g/mol. The van der Waals surface area contributed by atoms with E-state index >= 15 is 0 Å². The summed E-state index contributed by atoms with van der Waals surface area (Å²) in [6.07, 6.45) is 5.12. The van der Waals surface area contributed by atoms with Crippen LogP contribution in [0.3, 0.4) is 0 Å². The Morgan fingerprint density at radius 1 is 1.22 bits per heavy atom. The molecule has 0 radical (unpaired) electrons. The minimum atomic E-state index is -1.17. The van der Waals surface area contributed by atoms with Crippen LogP contribution >= 0.6 is 0 Å². The first-order chi connectivity index (χ1) is 11.1. The highest BCUT2D eigenvalue weighted by Crippen LogP contribution is 2.49. The SMILES string of the molecule is O=C([O-])c1ccc2c(c1)[C@H]1C=CC[C@H]1[C@@H](c1cccc(F)c1)N2. The molecule has 3 atom stereocenters. The third-order valence-corrected chi connectivity index (χ3v) is 4.81. The first-order valence-electron chi connectivity index (χ1n) is 7.67. The van der Waals surface area contributed by atoms with Crippen LogP contribution in [0.5, 0.6) is 0 Å². The Morgan fingerprint density at radius 2 is 2.09 bits per heavy atom. The molecule has 0 spiro atoms. The number of anilines is 1. The van der Waals surface area contributed by atoms with Crippen molar-refractivity contribution in [2.45, 2.75) is 18.4 Å². The van der Waals surface area contributed by atoms with E-state index in [2.05, 4.69) is 17.5 Å². The number of hydrogen-bond acceptors (Lipinski definition) is 3. The highest BCUT2D eigenvalue weighted by molar-refractivity contribution is 5.87. The smallest absolute Gasteiger partial charge is 0.123 e. The standard InChI is InChI=1S/C19H16FNO2/c20-13-4-1-3-11(9-13)18-15-6-2-5-14(15)16-10-12(19(22)23)7-8-17(16)21-18/h1-5,7-10,14-15,18,21H,6H2,(H,22,23)/p-1/t14-,15+,18+/m0/s1. The number of halogens is 1. The molecule has 1 aliphatic carbocycles. The van der Waals surface area contributed by atoms with Crippen molar-refractivity contribution in [2.24, 2.45) is 5.92 Å². The lowest BCUT2D eigenvalue weighted by molar-refractivity contribution is -0.255. The zero-order valence-electron chi connectivity index (χ0n) is 12.3. The number of fused-ring (bicyclic) bond motifs is 3. The Kier molecular flexibility index (Phi) is 3.18. The average Bonchev–Trinajstić information content (AvgIpc) is 3.03. The topological polar surface area (TPSA) is 52.2 Å². The molecule has 2 aromatic carbocycles. The van der Waals surface area contributed by atoms with Gasteiger partial charge in [-0.1, -0.05) is 30.4 Å². The minimum absolute atomic E-state index is 0.00648. The summed E-state index contributed by atoms with van der Waals surface area (Å²) in [5.41, 5.74) is 2.97. The van der Waals surface area contributed by atoms with Crippen LogP contribution in [0.15, 0.2) is 54.6 Å². The highest BCUT2D eigenvalue weighted by Gasteiger charge is 2.37. The van der Waals surface area contributed by atoms with Gasteiger partial charge >= 0.3 is 0 Å². The summed E-state index contributed by atoms with van der Waals surface area (Å²) in [6.45, 7) is 0. The van der Waals surface area contributed by atoms with E-state index in [0.29, 0.717) is 0 Å². The lowest BCUT2D eigenvalue weighted by Crippen LogP contribution is -2.30. The molecule has 0 saturated heterocycles. The second-order valence-corrected chi connectivity index (χ2v) is 6.12. The van der Waals surface area contributed by atoms with Crippen LogP contribution in [0.4, 0.5) is 10.1 Å². The molecule has 0 amide bonds. The van der Waals surface area contributed by atoms with E-state index in [4.69, 9.17) is 0 Å². The van der Waals surface area contributed by atoms with Crippen LogP contribution in [-0.2, 0) is 0 Å². The first kappa shape index (κ1) is 14.0. The maximum atomic E-state index is 13.6. The molecule has 0 fully saturated rings. The highest BCUT2D eigenvalue weighted by atomic mass is 19.1. The number of hydrogen-bond donors (Lipinski definition) is 1. The zero-order valence-corrected chi connectivity index (χ0v) is 12.3. The summed E-state index contributed by atoms with van der Waals surface area (Å²) in [4.78, 5) is 11.1. The van der Waals surface area contributed by atoms with Crippen molar-refractivity contribution in [3.05, 3.63) is 77.1 Å². The number of rotatable bonds is 2. The first-order valence-corrected chi connectivity index (χ1v) is 7.67. The van der Waals surface area contributed by atoms with Crippen molar-refractivity contribution in [1.29, 1.82) is 0 Å². The van der Waals surface area contributed by atoms with E-state index in [-0.39, 0.29) is 29.3 Å². The van der Waals surface area contributed by atoms with Gasteiger partial charge < -0.3 is 15.2 Å². The zero-order chi connectivity index (χ0) is 16.0. The van der Waals surface area contributed by atoms with Gasteiger partial charge in [-0.3, -0.25) is 0 Å². The summed E-state index contributed by atoms with van der Waals surface area (Å²) in [6, 6.07) is 11.7. The number of allylic oxidation sites excluding steroid dienone is 2. The van der Waals surface area contributed by atoms with Crippen molar-refractivity contribution in [3.63, 3.8) is 0 Å². The van der Waals surface area contributed by atoms with E-state index in [9.17, 15) is 14.3 Å². The van der Waals surface area contributed by atoms with Gasteiger partial charge in [0, 0.05) is 11.6 Å². The van der Waals surface area contributed by atoms with Crippen LogP contribution in [0.1, 0.15) is 39.9 Å². The average molecular weight is 308 g/mol. The summed E-state index contributed by atoms with van der Waals surface area (Å²) >= 11 is 0. The van der Waals surface area contributed by atoms with Gasteiger partial charge in [-0.2, -0.15) is 0 Å². The molecular formula is C19H15FNO2-. The molecule has 23 heavy (non-hydrogen) atoms. The van der Waals surface area contributed by atoms with Crippen LogP contribution in [-0.4, -0.2) is 5.97 Å². The second kappa shape index (κ2) is 5.23. The molecule has 2 aliphatic rings. The predicted octanol–water partition coefficient (Wildman–Crippen LogP) is 3.02. The van der Waals surface area contributed by atoms with Gasteiger partial charge in [-0.05, 0) is 53.3 Å². The maximum absolute atomic E-state index is 13.6. The van der Waals surface area contributed by atoms with Gasteiger partial charge in [-0.15, -0.1) is 0 Å². The monoisotopic (exact) mass is 308 g/mol. The summed E-state index contributed by atoms with van der Waals surface area (Å²) in [7, 11) is 0. The molecule has 3 nitrogen and oxygen atoms in total. The number of nitrogens with one attached hydrogen (secondary N) is 1. The summed E-state index contributed by atoms with van der Waals surface area (Å²) in [5.74, 6) is -1.02. The molecule has 0 unspecified atom stereocenters. The van der Waals surface area contributed by atoms with Gasteiger partial charge in [0.15, 0.2) is 0 Å². The fourth-order valence-corrected chi connectivity index (χ4v) is 3.75. The fraction of sp³-hybridized carbons (Fsp3) is 0.211. The Morgan fingerprint density at radius 3 is 2.87 bits per heavy atom. The molecule has 0 aromatic heterocycles. The van der Waals surface area contributed by atoms with Crippen LogP contribution < -0.4 is 10.4 Å². The van der Waals surface area contributed by atoms with E-state index < -0.39 is 5.97 Å². The van der Waals surface area contributed by atoms with Crippen LogP contribution in [0, 0.1) is 11.7 Å². The number of aromatic carboxylic acids is 1. The molecule has 116 valence electrons. The van der Waals surface area contributed by atoms with Gasteiger partial charge in [0.1, 0.15) is 5.82 Å². The Balaban J connectivity index is 1.79. The molecule has 4 heteroatoms. The second-order valence-electron chi connectivity index (χ2n) is 6.12. The van der Waals surface area contributed by atoms with Gasteiger partial charge in [0.2, 0.25) is 0 Å². The van der Waals surface area contributed by atoms with Crippen molar-refractivity contribution in [3.8, 4) is 0 Å². The third-order valence-electron chi connectivity index (χ3n) is 4.81. The number of carboxylic acid groups (broad SMARTS) is 1. The largest absolute Gasteiger partial charge is 0.545 e. The fourth-order valence-electron chi connectivity index (χ4n) is 3.75. The molecule has 0 saturated carbocycles. The van der Waals surface area contributed by atoms with Crippen LogP contribution in [0.2, 0.25) is 0 Å². The van der Waals surface area contributed by atoms with E-state index in [0.717, 1.165) is 23.2 Å². The molecule has 1 aliphatic heterocycles. The molecule has 0 bridgehead atoms. The quantitative estimate of drug-likeness (QED) is 0.868. The van der Waals surface area contributed by atoms with Crippen molar-refractivity contribution in [2.75, 3.05) is 5.32 Å². The van der Waals surface area contributed by atoms with Crippen molar-refractivity contribution in [1.82, 2.24) is 0 Å². The third kappa shape index (κ3) is 2.31. The molecule has 4 rings (SSSR count). The van der Waals surface area contributed by atoms with E-state index in [1.54, 1.807) is 30.3 Å². The Hall–Kier alpha value is -2.62. The van der Waals surface area contributed by atoms with E-state index in [1.807, 2.05) is 6.07 Å². The van der Waals surface area contributed by atoms with E-state index in [1.165, 1.54) is 6.07 Å². The maximum Gasteiger partial charge on any atom is 0.123 e. The summed E-state index contributed by atoms with van der Waals surface area (Å²) in [5, 5.41) is 14.6. The van der Waals surface area contributed by atoms with Gasteiger partial charge in [-0.25, -0.2) is 4.39 Å². The number of carbonyl (C=O) groups excluding carboxylic acids is 1. The van der Waals surface area contributed by atoms with Gasteiger partial charge in [0.05, 0.1) is 12.0 Å². The summed E-state index contributed by atoms with van der Waals surface area (Å²) < 4.78 is 13.6. The van der Waals surface area contributed by atoms with Crippen molar-refractivity contribution >= 4 is 11.7 Å². The molecule has 1 heterocycles. The number of benzene rings is 2. The lowest BCUT2D eigenvalue weighted by Gasteiger charge is -2.37. The molecule has 1 N–H and O–H groups in total. The van der Waals surface area contributed by atoms with Crippen LogP contribution in [0.25, 0.3) is 0 Å². The minimum Gasteiger partial charge on any atom is -0.545 e. The number of carboxylic acids is 1. The Labute approximate surface area is 133 Å². The number of carbonyl (C=O) groups is 1. The lowest BCUT2D eigenvalue weighted by atomic mass is 9.76.